The van der Waals surface area contributed by atoms with Gasteiger partial charge in [-0.15, -0.1) is 11.6 Å². The van der Waals surface area contributed by atoms with Crippen LogP contribution in [0.25, 0.3) is 0 Å². The molecular formula is C2H5Cl4N. The summed E-state index contributed by atoms with van der Waals surface area (Å²) in [5, 5.41) is 0. The van der Waals surface area contributed by atoms with E-state index in [-0.39, 0.29) is 12.0 Å². The highest BCUT2D eigenvalue weighted by molar-refractivity contribution is 6.69. The Labute approximate surface area is 62.5 Å². The van der Waals surface area contributed by atoms with Gasteiger partial charge in [-0.1, -0.05) is 34.8 Å². The van der Waals surface area contributed by atoms with Crippen molar-refractivity contribution in [3.05, 3.63) is 0 Å². The zero-order valence-electron chi connectivity index (χ0n) is 3.43. The summed E-state index contributed by atoms with van der Waals surface area (Å²) in [4.78, 5) is 0. The number of rotatable bonds is 0. The van der Waals surface area contributed by atoms with Crippen molar-refractivity contribution in [3.63, 3.8) is 0 Å². The molecule has 0 atom stereocenters. The summed E-state index contributed by atoms with van der Waals surface area (Å²) < 4.78 is -1.28. The van der Waals surface area contributed by atoms with E-state index < -0.39 is 3.79 Å². The van der Waals surface area contributed by atoms with Gasteiger partial charge in [-0.25, -0.2) is 0 Å². The van der Waals surface area contributed by atoms with Crippen LogP contribution in [-0.4, -0.2) is 9.67 Å². The van der Waals surface area contributed by atoms with Gasteiger partial charge in [-0.05, 0) is 0 Å². The van der Waals surface area contributed by atoms with Crippen molar-refractivity contribution in [1.82, 2.24) is 6.15 Å². The summed E-state index contributed by atoms with van der Waals surface area (Å²) >= 11 is 20.4. The minimum Gasteiger partial charge on any atom is -0.344 e. The molecule has 46 valence electrons. The average Bonchev–Trinajstić information content (AvgIpc) is 1.35. The van der Waals surface area contributed by atoms with Gasteiger partial charge in [0, 0.05) is 0 Å². The molecule has 3 N–H and O–H groups in total. The molecule has 0 saturated carbocycles. The molecule has 0 fully saturated rings. The van der Waals surface area contributed by atoms with Gasteiger partial charge in [0.15, 0.2) is 0 Å². The molecule has 0 aromatic carbocycles. The van der Waals surface area contributed by atoms with Crippen molar-refractivity contribution >= 4 is 46.4 Å². The van der Waals surface area contributed by atoms with Crippen LogP contribution in [0, 0.1) is 0 Å². The molecule has 0 saturated heterocycles. The Bertz CT molecular complexity index is 39.4. The molecule has 0 amide bonds. The molecule has 0 spiro atoms. The Morgan fingerprint density at radius 3 is 1.29 bits per heavy atom. The SMILES string of the molecule is ClCC(Cl)(Cl)Cl.N. The molecule has 0 rings (SSSR count). The highest BCUT2D eigenvalue weighted by atomic mass is 35.6. The van der Waals surface area contributed by atoms with E-state index in [1.54, 1.807) is 0 Å². The van der Waals surface area contributed by atoms with Gasteiger partial charge in [0.25, 0.3) is 0 Å². The Morgan fingerprint density at radius 1 is 1.14 bits per heavy atom. The summed E-state index contributed by atoms with van der Waals surface area (Å²) in [5.41, 5.74) is 0. The van der Waals surface area contributed by atoms with E-state index in [0.29, 0.717) is 0 Å². The van der Waals surface area contributed by atoms with Crippen LogP contribution in [0.1, 0.15) is 0 Å². The second-order valence-electron chi connectivity index (χ2n) is 0.749. The molecule has 0 aliphatic carbocycles. The molecule has 5 heteroatoms. The number of hydrogen-bond acceptors (Lipinski definition) is 1. The lowest BCUT2D eigenvalue weighted by molar-refractivity contribution is 1.28. The van der Waals surface area contributed by atoms with Crippen LogP contribution in [0.3, 0.4) is 0 Å². The molecule has 0 aromatic rings. The minimum absolute atomic E-state index is 0. The van der Waals surface area contributed by atoms with E-state index in [9.17, 15) is 0 Å². The highest BCUT2D eigenvalue weighted by Gasteiger charge is 2.16. The lowest BCUT2D eigenvalue weighted by Crippen LogP contribution is -2.01. The summed E-state index contributed by atoms with van der Waals surface area (Å²) in [6.07, 6.45) is 0. The quantitative estimate of drug-likeness (QED) is 0.578. The average molecular weight is 185 g/mol. The predicted molar refractivity (Wildman–Crippen MR) is 36.0 cm³/mol. The summed E-state index contributed by atoms with van der Waals surface area (Å²) in [6, 6.07) is 0. The van der Waals surface area contributed by atoms with E-state index in [1.807, 2.05) is 0 Å². The van der Waals surface area contributed by atoms with Crippen LogP contribution < -0.4 is 6.15 Å². The van der Waals surface area contributed by atoms with Gasteiger partial charge < -0.3 is 6.15 Å². The van der Waals surface area contributed by atoms with Gasteiger partial charge in [-0.2, -0.15) is 0 Å². The van der Waals surface area contributed by atoms with Crippen LogP contribution in [0.4, 0.5) is 0 Å². The van der Waals surface area contributed by atoms with Crippen molar-refractivity contribution in [2.75, 3.05) is 5.88 Å². The van der Waals surface area contributed by atoms with Crippen molar-refractivity contribution in [2.24, 2.45) is 0 Å². The molecule has 1 nitrogen and oxygen atoms in total. The first-order chi connectivity index (χ1) is 2.56. The lowest BCUT2D eigenvalue weighted by atomic mass is 10.9. The second-order valence-corrected chi connectivity index (χ2v) is 3.53. The molecule has 7 heavy (non-hydrogen) atoms. The molecule has 0 unspecified atom stereocenters. The van der Waals surface area contributed by atoms with E-state index in [4.69, 9.17) is 46.4 Å². The number of hydrogen-bond donors (Lipinski definition) is 1. The molecule has 0 bridgehead atoms. The van der Waals surface area contributed by atoms with Gasteiger partial charge in [-0.3, -0.25) is 0 Å². The molecule has 0 aliphatic heterocycles. The Hall–Kier alpha value is 1.12. The zero-order chi connectivity index (χ0) is 5.21. The van der Waals surface area contributed by atoms with Crippen LogP contribution in [0.5, 0.6) is 0 Å². The van der Waals surface area contributed by atoms with E-state index in [2.05, 4.69) is 0 Å². The summed E-state index contributed by atoms with van der Waals surface area (Å²) in [6.45, 7) is 0. The van der Waals surface area contributed by atoms with Crippen molar-refractivity contribution in [1.29, 1.82) is 0 Å². The Morgan fingerprint density at radius 2 is 1.29 bits per heavy atom. The normalized spacial score (nSPS) is 10.3. The van der Waals surface area contributed by atoms with Crippen LogP contribution >= 0.6 is 46.4 Å². The summed E-state index contributed by atoms with van der Waals surface area (Å²) in [7, 11) is 0. The fourth-order valence-corrected chi connectivity index (χ4v) is 0. The van der Waals surface area contributed by atoms with Crippen LogP contribution in [0.2, 0.25) is 0 Å². The van der Waals surface area contributed by atoms with Gasteiger partial charge in [0.05, 0.1) is 5.88 Å². The highest BCUT2D eigenvalue weighted by Crippen LogP contribution is 2.26. The molecule has 0 heterocycles. The van der Waals surface area contributed by atoms with Crippen molar-refractivity contribution < 1.29 is 0 Å². The van der Waals surface area contributed by atoms with Gasteiger partial charge >= 0.3 is 0 Å². The predicted octanol–water partition coefficient (Wildman–Crippen LogP) is 2.76. The maximum atomic E-state index is 5.12. The zero-order valence-corrected chi connectivity index (χ0v) is 6.45. The van der Waals surface area contributed by atoms with Crippen molar-refractivity contribution in [3.8, 4) is 0 Å². The van der Waals surface area contributed by atoms with E-state index in [0.717, 1.165) is 0 Å². The monoisotopic (exact) mass is 183 g/mol. The lowest BCUT2D eigenvalue weighted by Gasteiger charge is -2.00. The molecular weight excluding hydrogens is 180 g/mol. The van der Waals surface area contributed by atoms with Gasteiger partial charge in [0.2, 0.25) is 3.79 Å². The van der Waals surface area contributed by atoms with Crippen molar-refractivity contribution in [2.45, 2.75) is 3.79 Å². The third kappa shape index (κ3) is 11.0. The molecule has 0 aromatic heterocycles. The van der Waals surface area contributed by atoms with E-state index >= 15 is 0 Å². The maximum Gasteiger partial charge on any atom is 0.203 e. The largest absolute Gasteiger partial charge is 0.344 e. The van der Waals surface area contributed by atoms with E-state index in [1.165, 1.54) is 0 Å². The smallest absolute Gasteiger partial charge is 0.203 e. The molecule has 0 radical (unpaired) electrons. The number of halogens is 4. The molecule has 0 aliphatic rings. The first-order valence-electron chi connectivity index (χ1n) is 1.19. The number of alkyl halides is 4. The first-order valence-corrected chi connectivity index (χ1v) is 2.86. The van der Waals surface area contributed by atoms with Gasteiger partial charge in [0.1, 0.15) is 0 Å². The third-order valence-corrected chi connectivity index (χ3v) is 1.36. The fraction of sp³-hybridized carbons (Fsp3) is 1.00. The maximum absolute atomic E-state index is 5.12. The standard InChI is InChI=1S/C2H2Cl4.H3N/c3-1-2(4,5)6;/h1H2;1H3. The Kier molecular flexibility index (Phi) is 6.35. The van der Waals surface area contributed by atoms with Crippen LogP contribution in [0.15, 0.2) is 0 Å². The Balaban J connectivity index is 0. The third-order valence-electron chi connectivity index (χ3n) is 0.152. The first kappa shape index (κ1) is 11.0. The van der Waals surface area contributed by atoms with Crippen LogP contribution in [-0.2, 0) is 0 Å². The summed E-state index contributed by atoms with van der Waals surface area (Å²) in [5.74, 6) is 0.0394. The topological polar surface area (TPSA) is 35.0 Å². The second kappa shape index (κ2) is 4.04. The minimum atomic E-state index is -1.28. The fourth-order valence-electron chi connectivity index (χ4n) is 0.